The Hall–Kier alpha value is -2.44. The molecule has 2 heterocycles. The number of thiophene rings is 1. The van der Waals surface area contributed by atoms with Crippen LogP contribution in [-0.2, 0) is 0 Å². The van der Waals surface area contributed by atoms with E-state index in [1.54, 1.807) is 24.6 Å². The van der Waals surface area contributed by atoms with Crippen LogP contribution in [0.1, 0.15) is 36.3 Å². The summed E-state index contributed by atoms with van der Waals surface area (Å²) in [4.78, 5) is 9.49. The molecule has 0 saturated heterocycles. The summed E-state index contributed by atoms with van der Waals surface area (Å²) in [5, 5.41) is 18.4. The summed E-state index contributed by atoms with van der Waals surface area (Å²) < 4.78 is 1.19. The number of rotatable bonds is 7. The summed E-state index contributed by atoms with van der Waals surface area (Å²) >= 11 is 1.63. The predicted octanol–water partition coefficient (Wildman–Crippen LogP) is 3.93. The second kappa shape index (κ2) is 9.66. The third-order valence-electron chi connectivity index (χ3n) is 4.87. The van der Waals surface area contributed by atoms with E-state index >= 15 is 0 Å². The van der Waals surface area contributed by atoms with Gasteiger partial charge in [-0.15, -0.1) is 11.3 Å². The Morgan fingerprint density at radius 2 is 1.93 bits per heavy atom. The van der Waals surface area contributed by atoms with Crippen molar-refractivity contribution in [1.82, 2.24) is 15.6 Å². The van der Waals surface area contributed by atoms with E-state index in [-0.39, 0.29) is 0 Å². The summed E-state index contributed by atoms with van der Waals surface area (Å²) in [6.45, 7) is 5.58. The Labute approximate surface area is 170 Å². The van der Waals surface area contributed by atoms with Gasteiger partial charge in [0.2, 0.25) is 0 Å². The van der Waals surface area contributed by atoms with Crippen molar-refractivity contribution < 1.29 is 5.11 Å². The normalized spacial score (nSPS) is 14.2. The SMILES string of the molecule is CN=C(NCC(O)c1cc2ccccc2s1)NCC(c1cccnc1)C(C)C. The minimum Gasteiger partial charge on any atom is -0.386 e. The lowest BCUT2D eigenvalue weighted by molar-refractivity contribution is 0.184. The summed E-state index contributed by atoms with van der Waals surface area (Å²) in [7, 11) is 1.75. The van der Waals surface area contributed by atoms with E-state index in [9.17, 15) is 5.11 Å². The number of aliphatic hydroxyl groups excluding tert-OH is 1. The lowest BCUT2D eigenvalue weighted by Gasteiger charge is -2.23. The zero-order valence-electron chi connectivity index (χ0n) is 16.6. The highest BCUT2D eigenvalue weighted by molar-refractivity contribution is 7.19. The van der Waals surface area contributed by atoms with E-state index in [1.807, 2.05) is 24.4 Å². The van der Waals surface area contributed by atoms with E-state index < -0.39 is 6.10 Å². The molecule has 0 aliphatic heterocycles. The Morgan fingerprint density at radius 3 is 2.61 bits per heavy atom. The lowest BCUT2D eigenvalue weighted by atomic mass is 9.89. The van der Waals surface area contributed by atoms with Gasteiger partial charge in [-0.05, 0) is 35.1 Å². The monoisotopic (exact) mass is 396 g/mol. The maximum Gasteiger partial charge on any atom is 0.191 e. The number of nitrogens with one attached hydrogen (secondary N) is 2. The predicted molar refractivity (Wildman–Crippen MR) is 118 cm³/mol. The summed E-state index contributed by atoms with van der Waals surface area (Å²) in [5.74, 6) is 1.49. The fourth-order valence-electron chi connectivity index (χ4n) is 3.22. The second-order valence-electron chi connectivity index (χ2n) is 7.17. The molecular weight excluding hydrogens is 368 g/mol. The molecular formula is C22H28N4OS. The number of hydrogen-bond acceptors (Lipinski definition) is 4. The van der Waals surface area contributed by atoms with Crippen LogP contribution in [0.3, 0.4) is 0 Å². The maximum atomic E-state index is 10.6. The molecule has 6 heteroatoms. The van der Waals surface area contributed by atoms with Crippen molar-refractivity contribution in [3.63, 3.8) is 0 Å². The van der Waals surface area contributed by atoms with Crippen molar-refractivity contribution >= 4 is 27.4 Å². The number of fused-ring (bicyclic) bond motifs is 1. The standard InChI is InChI=1S/C22H28N4OS/c1-15(2)18(17-8-6-10-24-12-17)13-25-22(23-3)26-14-19(27)21-11-16-7-4-5-9-20(16)28-21/h4-12,15,18-19,27H,13-14H2,1-3H3,(H2,23,25,26). The minimum absolute atomic E-state index is 0.333. The van der Waals surface area contributed by atoms with Gasteiger partial charge in [-0.25, -0.2) is 0 Å². The fraction of sp³-hybridized carbons (Fsp3) is 0.364. The molecule has 0 amide bonds. The van der Waals surface area contributed by atoms with Gasteiger partial charge in [0.25, 0.3) is 0 Å². The zero-order chi connectivity index (χ0) is 19.9. The van der Waals surface area contributed by atoms with Crippen molar-refractivity contribution in [2.75, 3.05) is 20.1 Å². The molecule has 2 unspecified atom stereocenters. The first-order valence-electron chi connectivity index (χ1n) is 9.59. The topological polar surface area (TPSA) is 69.5 Å². The van der Waals surface area contributed by atoms with Crippen molar-refractivity contribution in [1.29, 1.82) is 0 Å². The molecule has 0 radical (unpaired) electrons. The van der Waals surface area contributed by atoms with Gasteiger partial charge >= 0.3 is 0 Å². The fourth-order valence-corrected chi connectivity index (χ4v) is 4.27. The average molecular weight is 397 g/mol. The molecule has 1 aromatic carbocycles. The van der Waals surface area contributed by atoms with Crippen LogP contribution in [0.25, 0.3) is 10.1 Å². The molecule has 0 fully saturated rings. The number of hydrogen-bond donors (Lipinski definition) is 3. The van der Waals surface area contributed by atoms with Gasteiger partial charge in [0.1, 0.15) is 6.10 Å². The molecule has 3 rings (SSSR count). The number of pyridine rings is 1. The smallest absolute Gasteiger partial charge is 0.191 e. The highest BCUT2D eigenvalue weighted by atomic mass is 32.1. The summed E-state index contributed by atoms with van der Waals surface area (Å²) in [6, 6.07) is 14.3. The molecule has 5 nitrogen and oxygen atoms in total. The van der Waals surface area contributed by atoms with Crippen molar-refractivity contribution in [2.24, 2.45) is 10.9 Å². The Balaban J connectivity index is 1.56. The van der Waals surface area contributed by atoms with E-state index in [0.717, 1.165) is 11.4 Å². The van der Waals surface area contributed by atoms with Crippen LogP contribution in [0.2, 0.25) is 0 Å². The van der Waals surface area contributed by atoms with Crippen molar-refractivity contribution in [2.45, 2.75) is 25.9 Å². The maximum absolute atomic E-state index is 10.6. The summed E-state index contributed by atoms with van der Waals surface area (Å²) in [6.07, 6.45) is 3.15. The van der Waals surface area contributed by atoms with E-state index in [0.29, 0.717) is 24.3 Å². The Kier molecular flexibility index (Phi) is 7.01. The van der Waals surface area contributed by atoms with Gasteiger partial charge in [-0.2, -0.15) is 0 Å². The highest BCUT2D eigenvalue weighted by Crippen LogP contribution is 2.29. The molecule has 3 N–H and O–H groups in total. The highest BCUT2D eigenvalue weighted by Gasteiger charge is 2.17. The first-order chi connectivity index (χ1) is 13.6. The second-order valence-corrected chi connectivity index (χ2v) is 8.29. The van der Waals surface area contributed by atoms with Crippen LogP contribution < -0.4 is 10.6 Å². The van der Waals surface area contributed by atoms with E-state index in [4.69, 9.17) is 0 Å². The van der Waals surface area contributed by atoms with Gasteiger partial charge in [0.15, 0.2) is 5.96 Å². The number of nitrogens with zero attached hydrogens (tertiary/aromatic N) is 2. The van der Waals surface area contributed by atoms with E-state index in [2.05, 4.69) is 58.7 Å². The third kappa shape index (κ3) is 5.09. The number of aromatic nitrogens is 1. The molecule has 0 saturated carbocycles. The number of benzene rings is 1. The number of aliphatic imine (C=N–C) groups is 1. The number of guanidine groups is 1. The molecule has 0 aliphatic carbocycles. The van der Waals surface area contributed by atoms with Crippen LogP contribution in [0.15, 0.2) is 59.9 Å². The third-order valence-corrected chi connectivity index (χ3v) is 6.08. The Bertz CT molecular complexity index is 874. The van der Waals surface area contributed by atoms with Crippen molar-refractivity contribution in [3.8, 4) is 0 Å². The molecule has 2 atom stereocenters. The zero-order valence-corrected chi connectivity index (χ0v) is 17.4. The molecule has 0 spiro atoms. The van der Waals surface area contributed by atoms with Crippen LogP contribution in [0.4, 0.5) is 0 Å². The van der Waals surface area contributed by atoms with Crippen LogP contribution in [0.5, 0.6) is 0 Å². The average Bonchev–Trinajstić information content (AvgIpc) is 3.15. The van der Waals surface area contributed by atoms with Crippen LogP contribution in [0, 0.1) is 5.92 Å². The van der Waals surface area contributed by atoms with Gasteiger partial charge < -0.3 is 15.7 Å². The molecule has 2 aromatic heterocycles. The van der Waals surface area contributed by atoms with Crippen molar-refractivity contribution in [3.05, 3.63) is 65.3 Å². The number of aliphatic hydroxyl groups is 1. The molecule has 28 heavy (non-hydrogen) atoms. The molecule has 148 valence electrons. The quantitative estimate of drug-likeness (QED) is 0.418. The molecule has 3 aromatic rings. The first-order valence-corrected chi connectivity index (χ1v) is 10.4. The van der Waals surface area contributed by atoms with Gasteiger partial charge in [-0.3, -0.25) is 9.98 Å². The van der Waals surface area contributed by atoms with Gasteiger partial charge in [-0.1, -0.05) is 38.1 Å². The lowest BCUT2D eigenvalue weighted by Crippen LogP contribution is -2.41. The largest absolute Gasteiger partial charge is 0.386 e. The summed E-state index contributed by atoms with van der Waals surface area (Å²) in [5.41, 5.74) is 1.21. The van der Waals surface area contributed by atoms with Gasteiger partial charge in [0.05, 0.1) is 0 Å². The van der Waals surface area contributed by atoms with Crippen LogP contribution in [-0.4, -0.2) is 36.2 Å². The van der Waals surface area contributed by atoms with E-state index in [1.165, 1.54) is 15.6 Å². The molecule has 0 bridgehead atoms. The van der Waals surface area contributed by atoms with Crippen LogP contribution >= 0.6 is 11.3 Å². The Morgan fingerprint density at radius 1 is 1.14 bits per heavy atom. The van der Waals surface area contributed by atoms with Gasteiger partial charge in [0, 0.05) is 48.0 Å². The minimum atomic E-state index is -0.574. The first kappa shape index (κ1) is 20.3. The molecule has 0 aliphatic rings.